The highest BCUT2D eigenvalue weighted by atomic mass is 35.5. The molecule has 2 aromatic heterocycles. The molecule has 0 fully saturated rings. The van der Waals surface area contributed by atoms with Crippen LogP contribution in [0.4, 0.5) is 0 Å². The monoisotopic (exact) mass is 264 g/mol. The number of aromatic nitrogens is 4. The van der Waals surface area contributed by atoms with Crippen molar-refractivity contribution in [3.63, 3.8) is 0 Å². The van der Waals surface area contributed by atoms with Gasteiger partial charge in [0.15, 0.2) is 0 Å². The number of fused-ring (bicyclic) bond motifs is 1. The van der Waals surface area contributed by atoms with E-state index in [4.69, 9.17) is 23.2 Å². The molecule has 0 aliphatic heterocycles. The van der Waals surface area contributed by atoms with Gasteiger partial charge in [0.25, 0.3) is 0 Å². The van der Waals surface area contributed by atoms with Gasteiger partial charge < -0.3 is 4.98 Å². The van der Waals surface area contributed by atoms with E-state index < -0.39 is 0 Å². The molecule has 0 unspecified atom stereocenters. The molecular weight excluding hydrogens is 259 g/mol. The second kappa shape index (κ2) is 3.98. The zero-order chi connectivity index (χ0) is 11.8. The summed E-state index contributed by atoms with van der Waals surface area (Å²) in [6.45, 7) is 0. The number of hydrogen-bond acceptors (Lipinski definition) is 3. The Kier molecular flexibility index (Phi) is 2.46. The van der Waals surface area contributed by atoms with Crippen LogP contribution in [0.5, 0.6) is 0 Å². The minimum Gasteiger partial charge on any atom is -0.338 e. The molecule has 84 valence electrons. The van der Waals surface area contributed by atoms with Crippen molar-refractivity contribution in [3.05, 3.63) is 40.6 Å². The summed E-state index contributed by atoms with van der Waals surface area (Å²) in [5, 5.41) is 8.52. The smallest absolute Gasteiger partial charge is 0.140 e. The van der Waals surface area contributed by atoms with Gasteiger partial charge in [0.05, 0.1) is 33.5 Å². The van der Waals surface area contributed by atoms with Gasteiger partial charge in [-0.1, -0.05) is 23.2 Å². The Bertz CT molecular complexity index is 640. The van der Waals surface area contributed by atoms with E-state index in [1.807, 2.05) is 6.07 Å². The minimum atomic E-state index is 0.491. The Morgan fingerprint density at radius 2 is 1.88 bits per heavy atom. The third-order valence-corrected chi connectivity index (χ3v) is 3.10. The van der Waals surface area contributed by atoms with Crippen LogP contribution in [0.3, 0.4) is 0 Å². The van der Waals surface area contributed by atoms with Crippen molar-refractivity contribution in [2.45, 2.75) is 0 Å². The van der Waals surface area contributed by atoms with E-state index in [0.29, 0.717) is 15.9 Å². The fourth-order valence-electron chi connectivity index (χ4n) is 1.57. The van der Waals surface area contributed by atoms with Gasteiger partial charge in [-0.15, -0.1) is 0 Å². The molecule has 0 saturated heterocycles. The molecule has 0 radical (unpaired) electrons. The SMILES string of the molecule is Clc1cc2nc(-c3ccnnc3)[nH]c2cc1Cl. The summed E-state index contributed by atoms with van der Waals surface area (Å²) >= 11 is 11.9. The maximum absolute atomic E-state index is 5.94. The van der Waals surface area contributed by atoms with Crippen LogP contribution in [0, 0.1) is 0 Å². The Balaban J connectivity index is 2.21. The van der Waals surface area contributed by atoms with E-state index in [1.54, 1.807) is 24.5 Å². The third-order valence-electron chi connectivity index (χ3n) is 2.38. The van der Waals surface area contributed by atoms with E-state index >= 15 is 0 Å². The van der Waals surface area contributed by atoms with E-state index in [2.05, 4.69) is 20.2 Å². The standard InChI is InChI=1S/C11H6Cl2N4/c12-7-3-9-10(4-8(7)13)17-11(16-9)6-1-2-14-15-5-6/h1-5H,(H,16,17). The number of rotatable bonds is 1. The van der Waals surface area contributed by atoms with Gasteiger partial charge in [0.2, 0.25) is 0 Å². The van der Waals surface area contributed by atoms with Crippen LogP contribution < -0.4 is 0 Å². The van der Waals surface area contributed by atoms with Crippen molar-refractivity contribution in [2.24, 2.45) is 0 Å². The fourth-order valence-corrected chi connectivity index (χ4v) is 1.89. The van der Waals surface area contributed by atoms with Gasteiger partial charge in [-0.2, -0.15) is 10.2 Å². The van der Waals surface area contributed by atoms with Crippen molar-refractivity contribution >= 4 is 34.2 Å². The summed E-state index contributed by atoms with van der Waals surface area (Å²) < 4.78 is 0. The summed E-state index contributed by atoms with van der Waals surface area (Å²) in [6, 6.07) is 5.31. The van der Waals surface area contributed by atoms with Crippen LogP contribution in [0.15, 0.2) is 30.6 Å². The van der Waals surface area contributed by atoms with Crippen molar-refractivity contribution < 1.29 is 0 Å². The summed E-state index contributed by atoms with van der Waals surface area (Å²) in [5.41, 5.74) is 2.47. The highest BCUT2D eigenvalue weighted by Gasteiger charge is 2.08. The lowest BCUT2D eigenvalue weighted by molar-refractivity contribution is 1.03. The largest absolute Gasteiger partial charge is 0.338 e. The van der Waals surface area contributed by atoms with E-state index in [1.165, 1.54) is 0 Å². The number of nitrogens with one attached hydrogen (secondary N) is 1. The Hall–Kier alpha value is -1.65. The molecule has 3 aromatic rings. The Morgan fingerprint density at radius 3 is 2.65 bits per heavy atom. The first kappa shape index (κ1) is 10.5. The zero-order valence-electron chi connectivity index (χ0n) is 8.48. The fraction of sp³-hybridized carbons (Fsp3) is 0. The van der Waals surface area contributed by atoms with Crippen LogP contribution in [0.2, 0.25) is 10.0 Å². The Labute approximate surface area is 107 Å². The number of halogens is 2. The first-order valence-electron chi connectivity index (χ1n) is 4.86. The number of aromatic amines is 1. The average molecular weight is 265 g/mol. The molecule has 0 aliphatic rings. The molecule has 0 atom stereocenters. The van der Waals surface area contributed by atoms with Crippen LogP contribution in [-0.2, 0) is 0 Å². The molecule has 0 bridgehead atoms. The molecule has 4 nitrogen and oxygen atoms in total. The molecule has 0 spiro atoms. The highest BCUT2D eigenvalue weighted by molar-refractivity contribution is 6.42. The first-order chi connectivity index (χ1) is 8.24. The van der Waals surface area contributed by atoms with Crippen molar-refractivity contribution in [3.8, 4) is 11.4 Å². The van der Waals surface area contributed by atoms with Gasteiger partial charge in [0.1, 0.15) is 5.82 Å². The normalized spacial score (nSPS) is 10.9. The number of benzene rings is 1. The van der Waals surface area contributed by atoms with Crippen molar-refractivity contribution in [1.29, 1.82) is 0 Å². The molecule has 6 heteroatoms. The number of H-pyrrole nitrogens is 1. The molecule has 2 heterocycles. The lowest BCUT2D eigenvalue weighted by Gasteiger charge is -1.93. The molecule has 0 saturated carbocycles. The molecule has 1 aromatic carbocycles. The van der Waals surface area contributed by atoms with Gasteiger partial charge >= 0.3 is 0 Å². The molecule has 0 amide bonds. The maximum atomic E-state index is 5.94. The van der Waals surface area contributed by atoms with Gasteiger partial charge in [-0.25, -0.2) is 4.98 Å². The lowest BCUT2D eigenvalue weighted by Crippen LogP contribution is -1.83. The molecule has 17 heavy (non-hydrogen) atoms. The van der Waals surface area contributed by atoms with Crippen LogP contribution >= 0.6 is 23.2 Å². The quantitative estimate of drug-likeness (QED) is 0.734. The van der Waals surface area contributed by atoms with E-state index in [0.717, 1.165) is 16.6 Å². The second-order valence-corrected chi connectivity index (χ2v) is 4.31. The summed E-state index contributed by atoms with van der Waals surface area (Å²) in [6.07, 6.45) is 3.25. The number of hydrogen-bond donors (Lipinski definition) is 1. The highest BCUT2D eigenvalue weighted by Crippen LogP contribution is 2.28. The van der Waals surface area contributed by atoms with Crippen molar-refractivity contribution in [1.82, 2.24) is 20.2 Å². The number of nitrogens with zero attached hydrogens (tertiary/aromatic N) is 3. The van der Waals surface area contributed by atoms with Crippen LogP contribution in [0.25, 0.3) is 22.4 Å². The molecule has 0 aliphatic carbocycles. The van der Waals surface area contributed by atoms with Crippen LogP contribution in [-0.4, -0.2) is 20.2 Å². The molecule has 3 rings (SSSR count). The summed E-state index contributed by atoms with van der Waals surface area (Å²) in [7, 11) is 0. The summed E-state index contributed by atoms with van der Waals surface area (Å²) in [4.78, 5) is 7.58. The topological polar surface area (TPSA) is 54.5 Å². The molecule has 1 N–H and O–H groups in total. The van der Waals surface area contributed by atoms with Gasteiger partial charge in [-0.3, -0.25) is 0 Å². The van der Waals surface area contributed by atoms with Gasteiger partial charge in [0, 0.05) is 5.56 Å². The predicted octanol–water partition coefficient (Wildman–Crippen LogP) is 3.33. The third kappa shape index (κ3) is 1.85. The predicted molar refractivity (Wildman–Crippen MR) is 67.1 cm³/mol. The summed E-state index contributed by atoms with van der Waals surface area (Å²) in [5.74, 6) is 0.716. The van der Waals surface area contributed by atoms with E-state index in [-0.39, 0.29) is 0 Å². The maximum Gasteiger partial charge on any atom is 0.140 e. The average Bonchev–Trinajstić information content (AvgIpc) is 2.74. The number of imidazole rings is 1. The van der Waals surface area contributed by atoms with Gasteiger partial charge in [-0.05, 0) is 18.2 Å². The van der Waals surface area contributed by atoms with Crippen LogP contribution in [0.1, 0.15) is 0 Å². The Morgan fingerprint density at radius 1 is 1.06 bits per heavy atom. The minimum absolute atomic E-state index is 0.491. The molecular formula is C11H6Cl2N4. The van der Waals surface area contributed by atoms with E-state index in [9.17, 15) is 0 Å². The zero-order valence-corrected chi connectivity index (χ0v) is 10.00. The second-order valence-electron chi connectivity index (χ2n) is 3.50. The van der Waals surface area contributed by atoms with Crippen molar-refractivity contribution in [2.75, 3.05) is 0 Å². The lowest BCUT2D eigenvalue weighted by atomic mass is 10.3. The first-order valence-corrected chi connectivity index (χ1v) is 5.61.